The molecule has 29 heavy (non-hydrogen) atoms. The van der Waals surface area contributed by atoms with Crippen LogP contribution in [-0.4, -0.2) is 54.8 Å². The summed E-state index contributed by atoms with van der Waals surface area (Å²) in [5.74, 6) is -0.0145. The van der Waals surface area contributed by atoms with Crippen molar-refractivity contribution < 1.29 is 9.59 Å². The minimum Gasteiger partial charge on any atom is -0.373 e. The number of hydrogen-bond donors (Lipinski definition) is 0. The van der Waals surface area contributed by atoms with E-state index in [1.807, 2.05) is 21.9 Å². The summed E-state index contributed by atoms with van der Waals surface area (Å²) < 4.78 is 0. The highest BCUT2D eigenvalue weighted by Crippen LogP contribution is 2.27. The van der Waals surface area contributed by atoms with Crippen molar-refractivity contribution in [3.05, 3.63) is 64.7 Å². The monoisotopic (exact) mass is 411 g/mol. The van der Waals surface area contributed by atoms with Crippen LogP contribution >= 0.6 is 11.6 Å². The minimum absolute atomic E-state index is 0.0277. The van der Waals surface area contributed by atoms with Gasteiger partial charge in [-0.2, -0.15) is 0 Å². The average Bonchev–Trinajstić information content (AvgIpc) is 2.92. The van der Waals surface area contributed by atoms with Gasteiger partial charge in [-0.15, -0.1) is 0 Å². The smallest absolute Gasteiger partial charge is 0.253 e. The van der Waals surface area contributed by atoms with Crippen molar-refractivity contribution in [2.24, 2.45) is 5.92 Å². The van der Waals surface area contributed by atoms with E-state index in [0.717, 1.165) is 19.4 Å². The van der Waals surface area contributed by atoms with Gasteiger partial charge in [-0.3, -0.25) is 9.59 Å². The zero-order valence-corrected chi connectivity index (χ0v) is 17.4. The lowest BCUT2D eigenvalue weighted by molar-refractivity contribution is -0.137. The lowest BCUT2D eigenvalue weighted by Crippen LogP contribution is -2.47. The quantitative estimate of drug-likeness (QED) is 0.757. The molecule has 1 saturated heterocycles. The van der Waals surface area contributed by atoms with Crippen molar-refractivity contribution in [2.75, 3.05) is 38.1 Å². The second kappa shape index (κ2) is 8.46. The summed E-state index contributed by atoms with van der Waals surface area (Å²) in [5, 5.41) is 0.611. The van der Waals surface area contributed by atoms with Gasteiger partial charge in [-0.05, 0) is 48.7 Å². The standard InChI is InChI=1S/C23H26ClN3O2/c1-25-13-14-27(15-18-5-2-3-7-21(18)25)23(29)19-6-4-12-26(16-19)22(28)17-8-10-20(24)11-9-17/h2-3,5,7-11,19H,4,6,12-16H2,1H3. The van der Waals surface area contributed by atoms with Gasteiger partial charge in [0.15, 0.2) is 0 Å². The van der Waals surface area contributed by atoms with Crippen LogP contribution in [0, 0.1) is 5.92 Å². The van der Waals surface area contributed by atoms with Gasteiger partial charge in [0.1, 0.15) is 0 Å². The molecule has 152 valence electrons. The Morgan fingerprint density at radius 1 is 0.966 bits per heavy atom. The molecule has 0 aliphatic carbocycles. The van der Waals surface area contributed by atoms with Gasteiger partial charge in [-0.1, -0.05) is 29.8 Å². The van der Waals surface area contributed by atoms with E-state index in [9.17, 15) is 9.59 Å². The number of nitrogens with zero attached hydrogens (tertiary/aromatic N) is 3. The van der Waals surface area contributed by atoms with Crippen molar-refractivity contribution in [3.63, 3.8) is 0 Å². The van der Waals surface area contributed by atoms with E-state index in [2.05, 4.69) is 24.1 Å². The molecule has 2 heterocycles. The third kappa shape index (κ3) is 4.25. The molecule has 0 saturated carbocycles. The molecule has 0 bridgehead atoms. The molecule has 0 radical (unpaired) electrons. The highest BCUT2D eigenvalue weighted by Gasteiger charge is 2.32. The van der Waals surface area contributed by atoms with Gasteiger partial charge < -0.3 is 14.7 Å². The molecule has 2 amide bonds. The summed E-state index contributed by atoms with van der Waals surface area (Å²) in [6, 6.07) is 15.2. The summed E-state index contributed by atoms with van der Waals surface area (Å²) in [5.41, 5.74) is 2.98. The summed E-state index contributed by atoms with van der Waals surface area (Å²) in [7, 11) is 2.07. The van der Waals surface area contributed by atoms with Gasteiger partial charge in [0, 0.05) is 56.0 Å². The molecule has 0 spiro atoms. The molecule has 0 N–H and O–H groups in total. The van der Waals surface area contributed by atoms with E-state index in [1.165, 1.54) is 11.3 Å². The predicted octanol–water partition coefficient (Wildman–Crippen LogP) is 3.67. The summed E-state index contributed by atoms with van der Waals surface area (Å²) in [6.07, 6.45) is 1.68. The second-order valence-electron chi connectivity index (χ2n) is 7.91. The van der Waals surface area contributed by atoms with E-state index in [-0.39, 0.29) is 17.7 Å². The Balaban J connectivity index is 1.46. The van der Waals surface area contributed by atoms with Crippen LogP contribution in [0.25, 0.3) is 0 Å². The van der Waals surface area contributed by atoms with Gasteiger partial charge >= 0.3 is 0 Å². The van der Waals surface area contributed by atoms with E-state index in [4.69, 9.17) is 11.6 Å². The predicted molar refractivity (Wildman–Crippen MR) is 115 cm³/mol. The van der Waals surface area contributed by atoms with Crippen molar-refractivity contribution in [1.29, 1.82) is 0 Å². The Hall–Kier alpha value is -2.53. The molecule has 4 rings (SSSR count). The number of anilines is 1. The third-order valence-corrected chi connectivity index (χ3v) is 6.18. The fourth-order valence-corrected chi connectivity index (χ4v) is 4.40. The lowest BCUT2D eigenvalue weighted by Gasteiger charge is -2.35. The molecule has 2 aliphatic rings. The van der Waals surface area contributed by atoms with Gasteiger partial charge in [0.25, 0.3) is 5.91 Å². The van der Waals surface area contributed by atoms with Gasteiger partial charge in [0.05, 0.1) is 5.92 Å². The average molecular weight is 412 g/mol. The SMILES string of the molecule is CN1CCN(C(=O)C2CCCN(C(=O)c3ccc(Cl)cc3)C2)Cc2ccccc21. The van der Waals surface area contributed by atoms with Crippen LogP contribution in [0.5, 0.6) is 0 Å². The number of likely N-dealkylation sites (N-methyl/N-ethyl adjacent to an activating group) is 1. The van der Waals surface area contributed by atoms with E-state index in [0.29, 0.717) is 36.8 Å². The molecule has 1 fully saturated rings. The Morgan fingerprint density at radius 2 is 1.72 bits per heavy atom. The van der Waals surface area contributed by atoms with Crippen molar-refractivity contribution in [3.8, 4) is 0 Å². The molecule has 2 aliphatic heterocycles. The van der Waals surface area contributed by atoms with Crippen LogP contribution < -0.4 is 4.90 Å². The largest absolute Gasteiger partial charge is 0.373 e. The first-order valence-electron chi connectivity index (χ1n) is 10.2. The molecular weight excluding hydrogens is 386 g/mol. The number of fused-ring (bicyclic) bond motifs is 1. The first-order valence-corrected chi connectivity index (χ1v) is 10.5. The lowest BCUT2D eigenvalue weighted by atomic mass is 9.95. The fraction of sp³-hybridized carbons (Fsp3) is 0.391. The van der Waals surface area contributed by atoms with Crippen molar-refractivity contribution in [1.82, 2.24) is 9.80 Å². The Labute approximate surface area is 176 Å². The van der Waals surface area contributed by atoms with Gasteiger partial charge in [0.2, 0.25) is 5.91 Å². The first-order chi connectivity index (χ1) is 14.0. The van der Waals surface area contributed by atoms with Crippen LogP contribution in [-0.2, 0) is 11.3 Å². The molecule has 1 atom stereocenters. The van der Waals surface area contributed by atoms with Crippen LogP contribution in [0.15, 0.2) is 48.5 Å². The molecule has 5 nitrogen and oxygen atoms in total. The van der Waals surface area contributed by atoms with Crippen molar-refractivity contribution in [2.45, 2.75) is 19.4 Å². The number of hydrogen-bond acceptors (Lipinski definition) is 3. The minimum atomic E-state index is -0.143. The summed E-state index contributed by atoms with van der Waals surface area (Å²) in [6.45, 7) is 3.31. The second-order valence-corrected chi connectivity index (χ2v) is 8.34. The number of carbonyl (C=O) groups is 2. The topological polar surface area (TPSA) is 43.9 Å². The molecule has 2 aromatic rings. The molecule has 2 aromatic carbocycles. The first kappa shape index (κ1) is 19.8. The molecular formula is C23H26ClN3O2. The summed E-state index contributed by atoms with van der Waals surface area (Å²) >= 11 is 5.93. The number of para-hydroxylation sites is 1. The third-order valence-electron chi connectivity index (χ3n) is 5.93. The van der Waals surface area contributed by atoms with Crippen molar-refractivity contribution >= 4 is 29.1 Å². The number of amides is 2. The van der Waals surface area contributed by atoms with Gasteiger partial charge in [-0.25, -0.2) is 0 Å². The van der Waals surface area contributed by atoms with E-state index < -0.39 is 0 Å². The maximum Gasteiger partial charge on any atom is 0.253 e. The number of likely N-dealkylation sites (tertiary alicyclic amines) is 1. The number of carbonyl (C=O) groups excluding carboxylic acids is 2. The normalized spacial score (nSPS) is 19.5. The number of piperidine rings is 1. The van der Waals surface area contributed by atoms with Crippen LogP contribution in [0.2, 0.25) is 5.02 Å². The van der Waals surface area contributed by atoms with Crippen LogP contribution in [0.3, 0.4) is 0 Å². The number of halogens is 1. The van der Waals surface area contributed by atoms with E-state index in [1.54, 1.807) is 24.3 Å². The Kier molecular flexibility index (Phi) is 5.76. The molecule has 0 aromatic heterocycles. The Bertz CT molecular complexity index is 899. The van der Waals surface area contributed by atoms with Crippen LogP contribution in [0.1, 0.15) is 28.8 Å². The highest BCUT2D eigenvalue weighted by atomic mass is 35.5. The fourth-order valence-electron chi connectivity index (χ4n) is 4.28. The highest BCUT2D eigenvalue weighted by molar-refractivity contribution is 6.30. The molecule has 6 heteroatoms. The van der Waals surface area contributed by atoms with Crippen LogP contribution in [0.4, 0.5) is 5.69 Å². The zero-order chi connectivity index (χ0) is 20.4. The maximum absolute atomic E-state index is 13.3. The Morgan fingerprint density at radius 3 is 2.52 bits per heavy atom. The zero-order valence-electron chi connectivity index (χ0n) is 16.7. The summed E-state index contributed by atoms with van der Waals surface area (Å²) in [4.78, 5) is 32.2. The number of benzene rings is 2. The van der Waals surface area contributed by atoms with E-state index >= 15 is 0 Å². The molecule has 1 unspecified atom stereocenters. The maximum atomic E-state index is 13.3. The number of rotatable bonds is 2.